The molecule has 0 aromatic heterocycles. The summed E-state index contributed by atoms with van der Waals surface area (Å²) in [6.07, 6.45) is -0.276. The highest BCUT2D eigenvalue weighted by Crippen LogP contribution is 2.31. The maximum absolute atomic E-state index is 10.5. The van der Waals surface area contributed by atoms with Gasteiger partial charge in [0.1, 0.15) is 0 Å². The summed E-state index contributed by atoms with van der Waals surface area (Å²) < 4.78 is 10.5. The van der Waals surface area contributed by atoms with Gasteiger partial charge in [-0.05, 0) is 5.56 Å². The molecule has 3 N–H and O–H groups in total. The molecule has 0 saturated heterocycles. The molecule has 0 atom stereocenters. The molecule has 13 heavy (non-hydrogen) atoms. The molecule has 0 aliphatic heterocycles. The van der Waals surface area contributed by atoms with Crippen molar-refractivity contribution in [1.29, 1.82) is 0 Å². The number of rotatable bonds is 4. The maximum atomic E-state index is 10.5. The van der Waals surface area contributed by atoms with Crippen LogP contribution >= 0.6 is 7.60 Å². The second-order valence-electron chi connectivity index (χ2n) is 2.74. The first-order valence-corrected chi connectivity index (χ1v) is 5.67. The molecular weight excluding hydrogens is 189 g/mol. The Kier molecular flexibility index (Phi) is 3.63. The van der Waals surface area contributed by atoms with Gasteiger partial charge in [-0.25, -0.2) is 0 Å². The van der Waals surface area contributed by atoms with Crippen molar-refractivity contribution in [3.05, 3.63) is 35.9 Å². The molecule has 1 aromatic carbocycles. The van der Waals surface area contributed by atoms with E-state index in [0.29, 0.717) is 6.54 Å². The molecule has 72 valence electrons. The summed E-state index contributed by atoms with van der Waals surface area (Å²) in [6.45, 7) is 0.478. The lowest BCUT2D eigenvalue weighted by Crippen LogP contribution is -2.14. The topological polar surface area (TPSA) is 69.6 Å². The van der Waals surface area contributed by atoms with Crippen molar-refractivity contribution in [2.24, 2.45) is 0 Å². The van der Waals surface area contributed by atoms with E-state index in [-0.39, 0.29) is 6.29 Å². The fourth-order valence-electron chi connectivity index (χ4n) is 0.942. The summed E-state index contributed by atoms with van der Waals surface area (Å²) >= 11 is 0. The average Bonchev–Trinajstić information content (AvgIpc) is 2.04. The molecule has 1 rings (SSSR count). The fraction of sp³-hybridized carbons (Fsp3) is 0.250. The minimum atomic E-state index is -3.91. The van der Waals surface area contributed by atoms with Gasteiger partial charge in [0.25, 0.3) is 0 Å². The molecule has 0 heterocycles. The highest BCUT2D eigenvalue weighted by atomic mass is 31.2. The van der Waals surface area contributed by atoms with Crippen molar-refractivity contribution in [3.63, 3.8) is 0 Å². The van der Waals surface area contributed by atoms with E-state index >= 15 is 0 Å². The van der Waals surface area contributed by atoms with Crippen molar-refractivity contribution in [3.8, 4) is 0 Å². The van der Waals surface area contributed by atoms with Gasteiger partial charge in [-0.15, -0.1) is 0 Å². The van der Waals surface area contributed by atoms with Gasteiger partial charge in [0.15, 0.2) is 0 Å². The molecule has 0 aliphatic rings. The van der Waals surface area contributed by atoms with Crippen LogP contribution in [0, 0.1) is 0 Å². The zero-order valence-corrected chi connectivity index (χ0v) is 7.95. The molecule has 0 radical (unpaired) electrons. The third kappa shape index (κ3) is 4.80. The Hall–Kier alpha value is -0.670. The minimum Gasteiger partial charge on any atom is -0.324 e. The largest absolute Gasteiger partial charge is 0.339 e. The molecule has 0 fully saturated rings. The normalized spacial score (nSPS) is 11.5. The molecule has 4 nitrogen and oxygen atoms in total. The molecule has 0 amide bonds. The van der Waals surface area contributed by atoms with Crippen molar-refractivity contribution < 1.29 is 14.4 Å². The van der Waals surface area contributed by atoms with Crippen molar-refractivity contribution in [1.82, 2.24) is 5.32 Å². The van der Waals surface area contributed by atoms with Crippen molar-refractivity contribution in [2.45, 2.75) is 6.54 Å². The Morgan fingerprint density at radius 2 is 1.85 bits per heavy atom. The Labute approximate surface area is 76.8 Å². The van der Waals surface area contributed by atoms with E-state index in [1.807, 2.05) is 30.3 Å². The van der Waals surface area contributed by atoms with E-state index in [2.05, 4.69) is 5.32 Å². The van der Waals surface area contributed by atoms with Gasteiger partial charge in [0, 0.05) is 6.54 Å². The predicted octanol–water partition coefficient (Wildman–Crippen LogP) is 0.911. The van der Waals surface area contributed by atoms with Gasteiger partial charge in [0.05, 0.1) is 6.29 Å². The molecule has 0 unspecified atom stereocenters. The van der Waals surface area contributed by atoms with Gasteiger partial charge in [0.2, 0.25) is 0 Å². The van der Waals surface area contributed by atoms with Crippen LogP contribution in [0.25, 0.3) is 0 Å². The lowest BCUT2D eigenvalue weighted by atomic mass is 10.2. The average molecular weight is 201 g/mol. The van der Waals surface area contributed by atoms with Gasteiger partial charge in [-0.3, -0.25) is 4.57 Å². The lowest BCUT2D eigenvalue weighted by molar-refractivity contribution is 0.368. The zero-order valence-electron chi connectivity index (χ0n) is 7.05. The minimum absolute atomic E-state index is 0.276. The molecular formula is C8H12NO3P. The Balaban J connectivity index is 2.33. The van der Waals surface area contributed by atoms with Gasteiger partial charge in [-0.2, -0.15) is 0 Å². The third-order valence-electron chi connectivity index (χ3n) is 1.49. The summed E-state index contributed by atoms with van der Waals surface area (Å²) in [6, 6.07) is 9.45. The van der Waals surface area contributed by atoms with Crippen LogP contribution in [-0.2, 0) is 11.1 Å². The van der Waals surface area contributed by atoms with Crippen molar-refractivity contribution in [2.75, 3.05) is 6.29 Å². The van der Waals surface area contributed by atoms with Gasteiger partial charge >= 0.3 is 7.60 Å². The van der Waals surface area contributed by atoms with E-state index in [0.717, 1.165) is 5.56 Å². The summed E-state index contributed by atoms with van der Waals surface area (Å²) in [4.78, 5) is 17.1. The molecule has 5 heteroatoms. The van der Waals surface area contributed by atoms with E-state index in [1.165, 1.54) is 0 Å². The summed E-state index contributed by atoms with van der Waals surface area (Å²) in [5, 5.41) is 2.68. The van der Waals surface area contributed by atoms with Crippen LogP contribution in [0.4, 0.5) is 0 Å². The van der Waals surface area contributed by atoms with Crippen LogP contribution in [-0.4, -0.2) is 16.1 Å². The number of hydrogen-bond donors (Lipinski definition) is 3. The molecule has 0 saturated carbocycles. The molecule has 0 bridgehead atoms. The second-order valence-corrected chi connectivity index (χ2v) is 4.38. The van der Waals surface area contributed by atoms with Crippen molar-refractivity contribution >= 4 is 7.60 Å². The van der Waals surface area contributed by atoms with E-state index in [9.17, 15) is 4.57 Å². The number of hydrogen-bond acceptors (Lipinski definition) is 2. The SMILES string of the molecule is O=P(O)(O)CNCc1ccccc1. The Bertz CT molecular complexity index is 296. The van der Waals surface area contributed by atoms with Crippen LogP contribution in [0.5, 0.6) is 0 Å². The molecule has 0 spiro atoms. The second kappa shape index (κ2) is 4.53. The number of nitrogens with one attached hydrogen (secondary N) is 1. The predicted molar refractivity (Wildman–Crippen MR) is 50.2 cm³/mol. The standard InChI is InChI=1S/C8H12NO3P/c10-13(11,12)7-9-6-8-4-2-1-3-5-8/h1-5,9H,6-7H2,(H2,10,11,12). The van der Waals surface area contributed by atoms with Crippen LogP contribution < -0.4 is 5.32 Å². The van der Waals surface area contributed by atoms with Gasteiger partial charge < -0.3 is 15.1 Å². The third-order valence-corrected chi connectivity index (χ3v) is 2.13. The van der Waals surface area contributed by atoms with Gasteiger partial charge in [-0.1, -0.05) is 30.3 Å². The summed E-state index contributed by atoms with van der Waals surface area (Å²) in [7, 11) is -3.91. The van der Waals surface area contributed by atoms with Crippen LogP contribution in [0.2, 0.25) is 0 Å². The summed E-state index contributed by atoms with van der Waals surface area (Å²) in [5.74, 6) is 0. The quantitative estimate of drug-likeness (QED) is 0.633. The molecule has 0 aliphatic carbocycles. The lowest BCUT2D eigenvalue weighted by Gasteiger charge is -2.05. The van der Waals surface area contributed by atoms with Crippen LogP contribution in [0.15, 0.2) is 30.3 Å². The Morgan fingerprint density at radius 3 is 2.38 bits per heavy atom. The van der Waals surface area contributed by atoms with Crippen LogP contribution in [0.3, 0.4) is 0 Å². The van der Waals surface area contributed by atoms with E-state index in [1.54, 1.807) is 0 Å². The first kappa shape index (κ1) is 10.4. The smallest absolute Gasteiger partial charge is 0.324 e. The summed E-state index contributed by atoms with van der Waals surface area (Å²) in [5.41, 5.74) is 1.01. The van der Waals surface area contributed by atoms with E-state index in [4.69, 9.17) is 9.79 Å². The van der Waals surface area contributed by atoms with E-state index < -0.39 is 7.60 Å². The maximum Gasteiger partial charge on any atom is 0.339 e. The number of benzene rings is 1. The first-order chi connectivity index (χ1) is 6.08. The highest BCUT2D eigenvalue weighted by Gasteiger charge is 2.10. The monoisotopic (exact) mass is 201 g/mol. The Morgan fingerprint density at radius 1 is 1.23 bits per heavy atom. The zero-order chi connectivity index (χ0) is 9.73. The fourth-order valence-corrected chi connectivity index (χ4v) is 1.34. The molecule has 1 aromatic rings. The van der Waals surface area contributed by atoms with Crippen LogP contribution in [0.1, 0.15) is 5.56 Å². The highest BCUT2D eigenvalue weighted by molar-refractivity contribution is 7.51. The first-order valence-electron chi connectivity index (χ1n) is 3.87.